The Morgan fingerprint density at radius 2 is 0.385 bits per heavy atom. The van der Waals surface area contributed by atoms with Crippen LogP contribution in [0, 0.1) is 5.92 Å². The van der Waals surface area contributed by atoms with Gasteiger partial charge in [0.05, 0.1) is 59.0 Å². The van der Waals surface area contributed by atoms with Gasteiger partial charge in [0.15, 0.2) is 44.0 Å². The van der Waals surface area contributed by atoms with E-state index >= 15 is 0 Å². The molecule has 0 aromatic heterocycles. The monoisotopic (exact) mass is 1150 g/mol. The van der Waals surface area contributed by atoms with E-state index in [4.69, 9.17) is 66.3 Å². The molecule has 14 rings (SSSR count). The molecule has 7 unspecified atom stereocenters. The van der Waals surface area contributed by atoms with Crippen molar-refractivity contribution in [1.82, 2.24) is 0 Å². The Labute approximate surface area is 440 Å². The van der Waals surface area contributed by atoms with Gasteiger partial charge in [0.25, 0.3) is 0 Å². The summed E-state index contributed by atoms with van der Waals surface area (Å²) in [6, 6.07) is 0. The fraction of sp³-hybridized carbons (Fsp3) is 1.00. The lowest BCUT2D eigenvalue weighted by atomic mass is 9.94. The number of fused-ring (bicyclic) bond motifs is 6. The molecule has 454 valence electrons. The molecule has 21 N–H and O–H groups in total. The quantitative estimate of drug-likeness (QED) is 0.113. The number of hydrogen-bond acceptors (Lipinski definition) is 35. The molecular weight excluding hydrogens is 1080 g/mol. The molecule has 0 aromatic carbocycles. The average Bonchev–Trinajstić information content (AvgIpc) is 3.67. The van der Waals surface area contributed by atoms with Gasteiger partial charge in [-0.2, -0.15) is 0 Å². The fourth-order valence-electron chi connectivity index (χ4n) is 10.6. The van der Waals surface area contributed by atoms with Crippen LogP contribution in [-0.4, -0.2) is 369 Å². The minimum absolute atomic E-state index is 0.648. The zero-order valence-corrected chi connectivity index (χ0v) is 41.0. The Balaban J connectivity index is 1.08. The third kappa shape index (κ3) is 12.3. The third-order valence-electron chi connectivity index (χ3n) is 15.1. The molecule has 35 atom stereocenters. The van der Waals surface area contributed by atoms with Crippen LogP contribution in [0.15, 0.2) is 0 Å². The number of aliphatic hydroxyl groups excluding tert-OH is 21. The van der Waals surface area contributed by atoms with E-state index in [9.17, 15) is 107 Å². The lowest BCUT2D eigenvalue weighted by Gasteiger charge is -2.50. The van der Waals surface area contributed by atoms with Crippen molar-refractivity contribution >= 4 is 0 Å². The van der Waals surface area contributed by atoms with Gasteiger partial charge in [-0.1, -0.05) is 0 Å². The second-order valence-corrected chi connectivity index (χ2v) is 20.1. The first-order valence-electron chi connectivity index (χ1n) is 25.1. The van der Waals surface area contributed by atoms with Gasteiger partial charge in [0.2, 0.25) is 0 Å². The molecule has 14 fully saturated rings. The van der Waals surface area contributed by atoms with Crippen LogP contribution in [0.25, 0.3) is 0 Å². The normalized spacial score (nSPS) is 55.0. The summed E-state index contributed by atoms with van der Waals surface area (Å²) in [5, 5.41) is 231. The zero-order valence-electron chi connectivity index (χ0n) is 41.0. The second kappa shape index (κ2) is 26.7. The van der Waals surface area contributed by atoms with E-state index in [0.29, 0.717) is 0 Å². The first kappa shape index (κ1) is 62.6. The number of ether oxygens (including phenoxy) is 14. The second-order valence-electron chi connectivity index (χ2n) is 20.1. The molecule has 14 heterocycles. The number of rotatable bonds is 7. The van der Waals surface area contributed by atoms with Crippen molar-refractivity contribution < 1.29 is 174 Å². The topological polar surface area (TPSA) is 554 Å². The predicted octanol–water partition coefficient (Wildman–Crippen LogP) is -15.0. The lowest BCUT2D eigenvalue weighted by Crippen LogP contribution is -2.68. The molecule has 0 aromatic rings. The van der Waals surface area contributed by atoms with Crippen molar-refractivity contribution in [2.45, 2.75) is 209 Å². The molecule has 14 aliphatic heterocycles. The van der Waals surface area contributed by atoms with Crippen LogP contribution in [0.1, 0.15) is 0 Å². The summed E-state index contributed by atoms with van der Waals surface area (Å²) in [6.07, 6.45) is -68.3. The van der Waals surface area contributed by atoms with Crippen LogP contribution in [0.5, 0.6) is 0 Å². The molecule has 0 radical (unpaired) electrons. The van der Waals surface area contributed by atoms with Gasteiger partial charge < -0.3 is 174 Å². The van der Waals surface area contributed by atoms with E-state index in [1.54, 1.807) is 0 Å². The minimum Gasteiger partial charge on any atom is -0.396 e. The smallest absolute Gasteiger partial charge is 0.187 e. The van der Waals surface area contributed by atoms with Crippen molar-refractivity contribution in [2.75, 3.05) is 52.9 Å². The molecule has 14 aliphatic rings. The van der Waals surface area contributed by atoms with Crippen molar-refractivity contribution in [3.8, 4) is 0 Å². The molecule has 14 bridgehead atoms. The Morgan fingerprint density at radius 1 is 0.205 bits per heavy atom. The largest absolute Gasteiger partial charge is 0.396 e. The van der Waals surface area contributed by atoms with E-state index in [2.05, 4.69) is 0 Å². The summed E-state index contributed by atoms with van der Waals surface area (Å²) < 4.78 is 79.8. The maximum atomic E-state index is 11.5. The molecule has 35 heteroatoms. The predicted molar refractivity (Wildman–Crippen MR) is 233 cm³/mol. The summed E-state index contributed by atoms with van der Waals surface area (Å²) in [5.74, 6) is -1.33. The van der Waals surface area contributed by atoms with Crippen molar-refractivity contribution in [3.05, 3.63) is 0 Å². The van der Waals surface area contributed by atoms with Crippen LogP contribution in [0.3, 0.4) is 0 Å². The van der Waals surface area contributed by atoms with Gasteiger partial charge in [-0.15, -0.1) is 0 Å². The van der Waals surface area contributed by atoms with Crippen LogP contribution in [0.4, 0.5) is 0 Å². The van der Waals surface area contributed by atoms with Crippen LogP contribution in [-0.2, 0) is 66.3 Å². The molecule has 35 nitrogen and oxygen atoms in total. The standard InChI is InChI=1S/C43H72O35/c44-1-9-8-65-37-23(58)16(51)30(9)72-38-24(59)18(53)32(11(3-46)66-38)74-40-26(61)20(55)34(13(5-48)68-40)76-42-28(63)22(57)36(15(7-50)70-42)78-43-29(64)21(56)35(14(6-49)71-43)77-41-27(62)19(54)33(12(4-47)69-41)75-39-25(60)17(52)31(73-37)10(2-45)67-39/h9-64H,1-8H2/t9?,10?,11?,12?,13?,14?,15?,16-,17-,18-,19-,20-,21-,22-,23-,24-,25-,26-,27-,28-,29-,30-,31-,32-,33-,34-,35-,36-,37-,38-,39-,40-,41-,42-,43-/m1/s1. The maximum absolute atomic E-state index is 11.5. The SMILES string of the molecule is OCC1CO[C@@H]2O[C@@H]3C(CO)O[C@H](O[C@@H]4C(CO)O[C@H](O[C@@H]5C(CO)O[C@H](O[C@@H]6C(CO)O[C@H](O[C@@H]7C(CO)O[C@H](O[C@@H]8C(CO)O[C@H](O[C@H]1[C@H](O)[C@H]2O)[C@H](O)[C@H]8O)[C@H](O)[C@H]7O)[C@H](O)[C@H]6O)[C@H](O)[C@H]5O)[C@H](O)[C@H]4O)[C@H](O)[C@H]3O. The van der Waals surface area contributed by atoms with E-state index < -0.39 is 268 Å². The van der Waals surface area contributed by atoms with Crippen molar-refractivity contribution in [3.63, 3.8) is 0 Å². The Hall–Kier alpha value is -1.40. The fourth-order valence-corrected chi connectivity index (χ4v) is 10.6. The van der Waals surface area contributed by atoms with Crippen molar-refractivity contribution in [2.24, 2.45) is 5.92 Å². The molecular formula is C43H72O35. The van der Waals surface area contributed by atoms with Crippen molar-refractivity contribution in [1.29, 1.82) is 0 Å². The van der Waals surface area contributed by atoms with E-state index in [-0.39, 0.29) is 0 Å². The van der Waals surface area contributed by atoms with Crippen LogP contribution < -0.4 is 0 Å². The van der Waals surface area contributed by atoms with E-state index in [1.165, 1.54) is 0 Å². The summed E-state index contributed by atoms with van der Waals surface area (Å²) >= 11 is 0. The zero-order chi connectivity index (χ0) is 56.8. The van der Waals surface area contributed by atoms with Gasteiger partial charge >= 0.3 is 0 Å². The molecule has 0 spiro atoms. The Bertz CT molecular complexity index is 1840. The van der Waals surface area contributed by atoms with Crippen LogP contribution >= 0.6 is 0 Å². The summed E-state index contributed by atoms with van der Waals surface area (Å²) in [7, 11) is 0. The minimum atomic E-state index is -2.22. The molecule has 78 heavy (non-hydrogen) atoms. The highest BCUT2D eigenvalue weighted by Crippen LogP contribution is 2.38. The van der Waals surface area contributed by atoms with Crippen LogP contribution in [0.2, 0.25) is 0 Å². The third-order valence-corrected chi connectivity index (χ3v) is 15.1. The van der Waals surface area contributed by atoms with Gasteiger partial charge in [0.1, 0.15) is 159 Å². The molecule has 0 amide bonds. The summed E-state index contributed by atoms with van der Waals surface area (Å²) in [4.78, 5) is 0. The highest BCUT2D eigenvalue weighted by molar-refractivity contribution is 5.01. The highest BCUT2D eigenvalue weighted by atomic mass is 16.8. The Kier molecular flexibility index (Phi) is 21.4. The number of hydrogen-bond donors (Lipinski definition) is 21. The Morgan fingerprint density at radius 3 is 0.590 bits per heavy atom. The molecule has 14 saturated heterocycles. The van der Waals surface area contributed by atoms with Gasteiger partial charge in [-0.3, -0.25) is 0 Å². The van der Waals surface area contributed by atoms with E-state index in [0.717, 1.165) is 0 Å². The molecule has 0 aliphatic carbocycles. The summed E-state index contributed by atoms with van der Waals surface area (Å²) in [6.45, 7) is -7.78. The first-order valence-corrected chi connectivity index (χ1v) is 25.1. The van der Waals surface area contributed by atoms with E-state index in [1.807, 2.05) is 0 Å². The lowest BCUT2D eigenvalue weighted by molar-refractivity contribution is -0.397. The maximum Gasteiger partial charge on any atom is 0.187 e. The summed E-state index contributed by atoms with van der Waals surface area (Å²) in [5.41, 5.74) is 0. The number of aliphatic hydroxyl groups is 21. The van der Waals surface area contributed by atoms with Gasteiger partial charge in [-0.05, 0) is 0 Å². The molecule has 0 saturated carbocycles. The van der Waals surface area contributed by atoms with Gasteiger partial charge in [-0.25, -0.2) is 0 Å². The van der Waals surface area contributed by atoms with Gasteiger partial charge in [0, 0.05) is 5.92 Å². The first-order chi connectivity index (χ1) is 37.2. The average molecular weight is 1150 g/mol. The highest BCUT2D eigenvalue weighted by Gasteiger charge is 2.59.